The molecule has 0 spiro atoms. The highest BCUT2D eigenvalue weighted by atomic mass is 16.5. The number of hydrogen-bond donors (Lipinski definition) is 2. The average molecular weight is 233 g/mol. The number of carbonyl (C=O) groups is 2. The zero-order valence-electron chi connectivity index (χ0n) is 8.45. The van der Waals surface area contributed by atoms with Crippen molar-refractivity contribution in [3.05, 3.63) is 42.0 Å². The first-order valence-corrected chi connectivity index (χ1v) is 4.58. The van der Waals surface area contributed by atoms with Crippen molar-refractivity contribution < 1.29 is 19.2 Å². The number of nitrogens with one attached hydrogen (secondary N) is 1. The van der Waals surface area contributed by atoms with Crippen molar-refractivity contribution in [3.63, 3.8) is 0 Å². The predicted molar refractivity (Wildman–Crippen MR) is 55.7 cm³/mol. The maximum Gasteiger partial charge on any atom is 0.354 e. The van der Waals surface area contributed by atoms with Crippen molar-refractivity contribution in [2.75, 3.05) is 5.32 Å². The van der Waals surface area contributed by atoms with Gasteiger partial charge in [0.2, 0.25) is 0 Å². The Balaban J connectivity index is 2.09. The summed E-state index contributed by atoms with van der Waals surface area (Å²) in [5.74, 6) is -1.58. The van der Waals surface area contributed by atoms with Gasteiger partial charge in [-0.2, -0.15) is 0 Å². The van der Waals surface area contributed by atoms with Gasteiger partial charge < -0.3 is 14.9 Å². The number of aromatic nitrogens is 2. The molecule has 0 atom stereocenters. The molecule has 0 radical (unpaired) electrons. The summed E-state index contributed by atoms with van der Waals surface area (Å²) in [5, 5.41) is 14.6. The molecule has 0 aliphatic heterocycles. The summed E-state index contributed by atoms with van der Waals surface area (Å²) >= 11 is 0. The summed E-state index contributed by atoms with van der Waals surface area (Å²) in [6.07, 6.45) is 2.53. The van der Waals surface area contributed by atoms with Gasteiger partial charge in [-0.25, -0.2) is 9.78 Å². The molecule has 0 saturated carbocycles. The minimum absolute atomic E-state index is 0.0931. The van der Waals surface area contributed by atoms with Crippen molar-refractivity contribution in [1.29, 1.82) is 0 Å². The molecule has 7 heteroatoms. The molecule has 0 aliphatic rings. The van der Waals surface area contributed by atoms with Crippen LogP contribution in [0.5, 0.6) is 0 Å². The molecule has 0 aromatic carbocycles. The Morgan fingerprint density at radius 3 is 2.59 bits per heavy atom. The van der Waals surface area contributed by atoms with Crippen LogP contribution >= 0.6 is 0 Å². The highest BCUT2D eigenvalue weighted by Gasteiger charge is 2.10. The first-order valence-electron chi connectivity index (χ1n) is 4.58. The van der Waals surface area contributed by atoms with Gasteiger partial charge in [0, 0.05) is 6.07 Å². The quantitative estimate of drug-likeness (QED) is 0.819. The van der Waals surface area contributed by atoms with Gasteiger partial charge in [0.05, 0.1) is 11.9 Å². The third-order valence-electron chi connectivity index (χ3n) is 1.91. The fraction of sp³-hybridized carbons (Fsp3) is 0. The molecule has 0 saturated heterocycles. The lowest BCUT2D eigenvalue weighted by Crippen LogP contribution is -2.12. The van der Waals surface area contributed by atoms with Gasteiger partial charge in [-0.3, -0.25) is 4.79 Å². The van der Waals surface area contributed by atoms with Crippen molar-refractivity contribution in [2.24, 2.45) is 0 Å². The van der Waals surface area contributed by atoms with Crippen LogP contribution in [0.4, 0.5) is 5.69 Å². The van der Waals surface area contributed by atoms with E-state index >= 15 is 0 Å². The van der Waals surface area contributed by atoms with Gasteiger partial charge in [-0.15, -0.1) is 0 Å². The molecule has 2 aromatic rings. The molecule has 2 N–H and O–H groups in total. The molecule has 17 heavy (non-hydrogen) atoms. The van der Waals surface area contributed by atoms with Crippen molar-refractivity contribution in [1.82, 2.24) is 10.1 Å². The lowest BCUT2D eigenvalue weighted by atomic mass is 10.3. The smallest absolute Gasteiger partial charge is 0.354 e. The van der Waals surface area contributed by atoms with Crippen LogP contribution in [-0.2, 0) is 0 Å². The highest BCUT2D eigenvalue weighted by Crippen LogP contribution is 2.08. The second kappa shape index (κ2) is 4.44. The van der Waals surface area contributed by atoms with Crippen molar-refractivity contribution in [3.8, 4) is 0 Å². The topological polar surface area (TPSA) is 105 Å². The Bertz CT molecular complexity index is 533. The van der Waals surface area contributed by atoms with Crippen molar-refractivity contribution in [2.45, 2.75) is 0 Å². The summed E-state index contributed by atoms with van der Waals surface area (Å²) in [6, 6.07) is 4.14. The molecular weight excluding hydrogens is 226 g/mol. The monoisotopic (exact) mass is 233 g/mol. The van der Waals surface area contributed by atoms with Crippen LogP contribution in [-0.4, -0.2) is 27.1 Å². The standard InChI is InChI=1S/C10H7N3O4/c14-9(7-3-4-17-13-7)12-6-1-2-8(10(15)16)11-5-6/h1-5H,(H,12,14)(H,15,16). The number of pyridine rings is 1. The molecule has 1 amide bonds. The molecular formula is C10H7N3O4. The van der Waals surface area contributed by atoms with Crippen LogP contribution in [0.2, 0.25) is 0 Å². The molecule has 7 nitrogen and oxygen atoms in total. The highest BCUT2D eigenvalue weighted by molar-refractivity contribution is 6.02. The van der Waals surface area contributed by atoms with E-state index in [-0.39, 0.29) is 11.4 Å². The summed E-state index contributed by atoms with van der Waals surface area (Å²) in [7, 11) is 0. The number of hydrogen-bond acceptors (Lipinski definition) is 5. The second-order valence-corrected chi connectivity index (χ2v) is 3.08. The van der Waals surface area contributed by atoms with Crippen LogP contribution in [0.15, 0.2) is 35.2 Å². The van der Waals surface area contributed by atoms with E-state index in [2.05, 4.69) is 20.0 Å². The third-order valence-corrected chi connectivity index (χ3v) is 1.91. The summed E-state index contributed by atoms with van der Waals surface area (Å²) in [6.45, 7) is 0. The molecule has 2 heterocycles. The molecule has 0 aliphatic carbocycles. The predicted octanol–water partition coefficient (Wildman–Crippen LogP) is 1.02. The lowest BCUT2D eigenvalue weighted by Gasteiger charge is -2.02. The van der Waals surface area contributed by atoms with E-state index in [0.717, 1.165) is 0 Å². The van der Waals surface area contributed by atoms with Gasteiger partial charge in [0.15, 0.2) is 5.69 Å². The van der Waals surface area contributed by atoms with E-state index in [9.17, 15) is 9.59 Å². The van der Waals surface area contributed by atoms with E-state index in [4.69, 9.17) is 5.11 Å². The van der Waals surface area contributed by atoms with E-state index in [1.165, 1.54) is 30.7 Å². The number of amides is 1. The first kappa shape index (κ1) is 10.8. The molecule has 0 bridgehead atoms. The number of nitrogens with zero attached hydrogens (tertiary/aromatic N) is 2. The Labute approximate surface area is 95.1 Å². The van der Waals surface area contributed by atoms with Crippen LogP contribution in [0.1, 0.15) is 21.0 Å². The number of rotatable bonds is 3. The number of carbonyl (C=O) groups excluding carboxylic acids is 1. The maximum atomic E-state index is 11.5. The minimum atomic E-state index is -1.13. The Morgan fingerprint density at radius 2 is 2.06 bits per heavy atom. The van der Waals surface area contributed by atoms with Crippen LogP contribution in [0.25, 0.3) is 0 Å². The molecule has 2 rings (SSSR count). The normalized spacial score (nSPS) is 9.88. The van der Waals surface area contributed by atoms with Gasteiger partial charge in [0.1, 0.15) is 12.0 Å². The Hall–Kier alpha value is -2.70. The number of anilines is 1. The fourth-order valence-electron chi connectivity index (χ4n) is 1.12. The SMILES string of the molecule is O=C(O)c1ccc(NC(=O)c2ccon2)cn1. The Morgan fingerprint density at radius 1 is 1.24 bits per heavy atom. The van der Waals surface area contributed by atoms with Crippen molar-refractivity contribution >= 4 is 17.6 Å². The second-order valence-electron chi connectivity index (χ2n) is 3.08. The van der Waals surface area contributed by atoms with Crippen LogP contribution in [0.3, 0.4) is 0 Å². The van der Waals surface area contributed by atoms with E-state index in [1.807, 2.05) is 0 Å². The third kappa shape index (κ3) is 2.46. The zero-order valence-corrected chi connectivity index (χ0v) is 8.45. The van der Waals surface area contributed by atoms with Gasteiger partial charge in [-0.05, 0) is 12.1 Å². The molecule has 0 unspecified atom stereocenters. The lowest BCUT2D eigenvalue weighted by molar-refractivity contribution is 0.0690. The molecule has 2 aromatic heterocycles. The van der Waals surface area contributed by atoms with E-state index in [0.29, 0.717) is 5.69 Å². The Kier molecular flexibility index (Phi) is 2.82. The molecule has 86 valence electrons. The van der Waals surface area contributed by atoms with Gasteiger partial charge in [0.25, 0.3) is 5.91 Å². The van der Waals surface area contributed by atoms with Crippen LogP contribution < -0.4 is 5.32 Å². The summed E-state index contributed by atoms with van der Waals surface area (Å²) in [5.41, 5.74) is 0.416. The number of aromatic carboxylic acids is 1. The zero-order chi connectivity index (χ0) is 12.3. The van der Waals surface area contributed by atoms with Gasteiger partial charge in [-0.1, -0.05) is 5.16 Å². The summed E-state index contributed by atoms with van der Waals surface area (Å²) in [4.78, 5) is 25.7. The number of carboxylic acid groups (broad SMARTS) is 1. The first-order chi connectivity index (χ1) is 8.16. The summed E-state index contributed by atoms with van der Waals surface area (Å²) < 4.78 is 4.52. The largest absolute Gasteiger partial charge is 0.477 e. The van der Waals surface area contributed by atoms with Crippen LogP contribution in [0, 0.1) is 0 Å². The molecule has 0 fully saturated rings. The average Bonchev–Trinajstić information content (AvgIpc) is 2.83. The van der Waals surface area contributed by atoms with Gasteiger partial charge >= 0.3 is 5.97 Å². The minimum Gasteiger partial charge on any atom is -0.477 e. The maximum absolute atomic E-state index is 11.5. The fourth-order valence-corrected chi connectivity index (χ4v) is 1.12. The van der Waals surface area contributed by atoms with E-state index < -0.39 is 11.9 Å². The van der Waals surface area contributed by atoms with E-state index in [1.54, 1.807) is 0 Å². The number of carboxylic acids is 1.